The second-order valence-electron chi connectivity index (χ2n) is 5.13. The molecule has 0 bridgehead atoms. The first-order valence-corrected chi connectivity index (χ1v) is 6.43. The van der Waals surface area contributed by atoms with Gasteiger partial charge in [0.2, 0.25) is 0 Å². The molecule has 1 heterocycles. The fourth-order valence-electron chi connectivity index (χ4n) is 2.58. The van der Waals surface area contributed by atoms with E-state index in [0.29, 0.717) is 6.42 Å². The van der Waals surface area contributed by atoms with Crippen LogP contribution >= 0.6 is 0 Å². The van der Waals surface area contributed by atoms with Crippen LogP contribution in [0.5, 0.6) is 0 Å². The van der Waals surface area contributed by atoms with Gasteiger partial charge in [-0.1, -0.05) is 37.0 Å². The van der Waals surface area contributed by atoms with E-state index in [1.807, 2.05) is 0 Å². The van der Waals surface area contributed by atoms with Crippen LogP contribution in [0, 0.1) is 5.41 Å². The number of piperidine rings is 1. The number of carbonyl (C=O) groups is 1. The average Bonchev–Trinajstić information content (AvgIpc) is 2.38. The van der Waals surface area contributed by atoms with Crippen molar-refractivity contribution in [1.82, 2.24) is 5.32 Å². The number of rotatable bonds is 6. The Balaban J connectivity index is 2.96. The van der Waals surface area contributed by atoms with Crippen LogP contribution in [0.3, 0.4) is 0 Å². The molecule has 0 saturated carbocycles. The Morgan fingerprint density at radius 1 is 1.44 bits per heavy atom. The van der Waals surface area contributed by atoms with Crippen LogP contribution in [0.4, 0.5) is 0 Å². The predicted molar refractivity (Wildman–Crippen MR) is 76.3 cm³/mol. The Hall–Kier alpha value is -1.19. The zero-order valence-corrected chi connectivity index (χ0v) is 11.3. The third-order valence-corrected chi connectivity index (χ3v) is 3.75. The first-order chi connectivity index (χ1) is 8.44. The standard InChI is InChI=1S/C15H24N2O/c1-5-11(2)10-12(3)15(14(18)13(4)16)6-8-17-9-7-15/h5,13,17H,1-3,6-10,16H2,4H3. The molecule has 3 N–H and O–H groups in total. The van der Waals surface area contributed by atoms with Gasteiger partial charge in [0.05, 0.1) is 11.5 Å². The lowest BCUT2D eigenvalue weighted by molar-refractivity contribution is -0.129. The number of carbonyl (C=O) groups excluding carboxylic acids is 1. The molecule has 1 unspecified atom stereocenters. The van der Waals surface area contributed by atoms with E-state index in [1.54, 1.807) is 13.0 Å². The molecule has 3 heteroatoms. The van der Waals surface area contributed by atoms with Crippen molar-refractivity contribution in [1.29, 1.82) is 0 Å². The van der Waals surface area contributed by atoms with E-state index in [-0.39, 0.29) is 5.78 Å². The Bertz CT molecular complexity index is 363. The molecule has 0 aromatic rings. The van der Waals surface area contributed by atoms with Gasteiger partial charge in [-0.25, -0.2) is 0 Å². The number of nitrogens with one attached hydrogen (secondary N) is 1. The highest BCUT2D eigenvalue weighted by Crippen LogP contribution is 2.40. The van der Waals surface area contributed by atoms with Crippen LogP contribution in [0.15, 0.2) is 37.0 Å². The van der Waals surface area contributed by atoms with E-state index in [2.05, 4.69) is 25.1 Å². The van der Waals surface area contributed by atoms with Crippen LogP contribution in [0.1, 0.15) is 26.2 Å². The van der Waals surface area contributed by atoms with Crippen molar-refractivity contribution in [2.24, 2.45) is 11.1 Å². The maximum absolute atomic E-state index is 12.5. The molecule has 1 atom stereocenters. The zero-order valence-electron chi connectivity index (χ0n) is 11.3. The summed E-state index contributed by atoms with van der Waals surface area (Å²) in [5.41, 5.74) is 7.14. The first kappa shape index (κ1) is 14.9. The van der Waals surface area contributed by atoms with Gasteiger partial charge in [0.25, 0.3) is 0 Å². The van der Waals surface area contributed by atoms with Crippen molar-refractivity contribution in [3.8, 4) is 0 Å². The largest absolute Gasteiger partial charge is 0.322 e. The highest BCUT2D eigenvalue weighted by molar-refractivity contribution is 5.92. The molecule has 1 aliphatic rings. The lowest BCUT2D eigenvalue weighted by Gasteiger charge is -2.39. The Labute approximate surface area is 110 Å². The summed E-state index contributed by atoms with van der Waals surface area (Å²) >= 11 is 0. The summed E-state index contributed by atoms with van der Waals surface area (Å²) in [5, 5.41) is 3.28. The maximum atomic E-state index is 12.5. The summed E-state index contributed by atoms with van der Waals surface area (Å²) in [6.07, 6.45) is 3.89. The maximum Gasteiger partial charge on any atom is 0.159 e. The van der Waals surface area contributed by atoms with Gasteiger partial charge in [0.15, 0.2) is 5.78 Å². The van der Waals surface area contributed by atoms with Crippen molar-refractivity contribution in [3.05, 3.63) is 37.0 Å². The van der Waals surface area contributed by atoms with Gasteiger partial charge in [-0.2, -0.15) is 0 Å². The lowest BCUT2D eigenvalue weighted by atomic mass is 9.67. The second kappa shape index (κ2) is 6.12. The lowest BCUT2D eigenvalue weighted by Crippen LogP contribution is -2.49. The van der Waals surface area contributed by atoms with Crippen LogP contribution < -0.4 is 11.1 Å². The van der Waals surface area contributed by atoms with Crippen LogP contribution in [-0.2, 0) is 4.79 Å². The minimum atomic E-state index is -0.481. The minimum absolute atomic E-state index is 0.103. The summed E-state index contributed by atoms with van der Waals surface area (Å²) in [4.78, 5) is 12.5. The first-order valence-electron chi connectivity index (χ1n) is 6.43. The summed E-state index contributed by atoms with van der Waals surface area (Å²) in [6, 6.07) is -0.447. The number of hydrogen-bond acceptors (Lipinski definition) is 3. The molecular weight excluding hydrogens is 224 g/mol. The van der Waals surface area contributed by atoms with Crippen molar-refractivity contribution in [2.45, 2.75) is 32.2 Å². The van der Waals surface area contributed by atoms with Crippen molar-refractivity contribution in [2.75, 3.05) is 13.1 Å². The molecule has 1 aliphatic heterocycles. The summed E-state index contributed by atoms with van der Waals surface area (Å²) in [6.45, 7) is 15.1. The molecule has 0 aromatic carbocycles. The van der Waals surface area contributed by atoms with Crippen molar-refractivity contribution >= 4 is 5.78 Å². The van der Waals surface area contributed by atoms with Gasteiger partial charge in [0, 0.05) is 0 Å². The van der Waals surface area contributed by atoms with Gasteiger partial charge in [-0.3, -0.25) is 4.79 Å². The molecule has 0 amide bonds. The van der Waals surface area contributed by atoms with Gasteiger partial charge < -0.3 is 11.1 Å². The number of hydrogen-bond donors (Lipinski definition) is 2. The third-order valence-electron chi connectivity index (χ3n) is 3.75. The highest BCUT2D eigenvalue weighted by Gasteiger charge is 2.42. The van der Waals surface area contributed by atoms with Gasteiger partial charge in [-0.15, -0.1) is 0 Å². The van der Waals surface area contributed by atoms with E-state index in [1.165, 1.54) is 0 Å². The molecule has 1 rings (SSSR count). The second-order valence-corrected chi connectivity index (χ2v) is 5.13. The molecule has 18 heavy (non-hydrogen) atoms. The molecule has 3 nitrogen and oxygen atoms in total. The molecule has 1 fully saturated rings. The van der Waals surface area contributed by atoms with Crippen LogP contribution in [0.2, 0.25) is 0 Å². The molecule has 0 spiro atoms. The Kier molecular flexibility index (Phi) is 5.05. The smallest absolute Gasteiger partial charge is 0.159 e. The molecule has 0 aliphatic carbocycles. The molecular formula is C15H24N2O. The zero-order chi connectivity index (χ0) is 13.8. The molecule has 1 saturated heterocycles. The van der Waals surface area contributed by atoms with E-state index in [9.17, 15) is 4.79 Å². The quantitative estimate of drug-likeness (QED) is 0.558. The van der Waals surface area contributed by atoms with Gasteiger partial charge >= 0.3 is 0 Å². The summed E-state index contributed by atoms with van der Waals surface area (Å²) < 4.78 is 0. The van der Waals surface area contributed by atoms with Gasteiger partial charge in [0.1, 0.15) is 0 Å². The number of ketones is 1. The van der Waals surface area contributed by atoms with E-state index < -0.39 is 11.5 Å². The predicted octanol–water partition coefficient (Wildman–Crippen LogP) is 1.96. The normalized spacial score (nSPS) is 19.9. The monoisotopic (exact) mass is 248 g/mol. The number of nitrogens with two attached hydrogens (primary N) is 1. The summed E-state index contributed by atoms with van der Waals surface area (Å²) in [5.74, 6) is 0.103. The van der Waals surface area contributed by atoms with Crippen LogP contribution in [0.25, 0.3) is 0 Å². The molecule has 100 valence electrons. The number of allylic oxidation sites excluding steroid dienone is 3. The third kappa shape index (κ3) is 2.98. The van der Waals surface area contributed by atoms with Crippen molar-refractivity contribution in [3.63, 3.8) is 0 Å². The van der Waals surface area contributed by atoms with E-state index in [4.69, 9.17) is 5.73 Å². The minimum Gasteiger partial charge on any atom is -0.322 e. The highest BCUT2D eigenvalue weighted by atomic mass is 16.1. The van der Waals surface area contributed by atoms with Gasteiger partial charge in [-0.05, 0) is 39.3 Å². The van der Waals surface area contributed by atoms with E-state index >= 15 is 0 Å². The molecule has 0 aromatic heterocycles. The van der Waals surface area contributed by atoms with E-state index in [0.717, 1.165) is 37.1 Å². The average molecular weight is 248 g/mol. The topological polar surface area (TPSA) is 55.1 Å². The fraction of sp³-hybridized carbons (Fsp3) is 0.533. The van der Waals surface area contributed by atoms with Crippen LogP contribution in [-0.4, -0.2) is 24.9 Å². The SMILES string of the molecule is C=CC(=C)CC(=C)C1(C(=O)C(C)N)CCNCC1. The van der Waals surface area contributed by atoms with Crippen molar-refractivity contribution < 1.29 is 4.79 Å². The summed E-state index contributed by atoms with van der Waals surface area (Å²) in [7, 11) is 0. The Morgan fingerprint density at radius 3 is 2.44 bits per heavy atom. The fourth-order valence-corrected chi connectivity index (χ4v) is 2.58. The molecule has 0 radical (unpaired) electrons. The number of Topliss-reactive ketones (excluding diaryl/α,β-unsaturated/α-hetero) is 1. The Morgan fingerprint density at radius 2 is 2.00 bits per heavy atom.